The molecule has 3 aromatic rings. The lowest BCUT2D eigenvalue weighted by atomic mass is 10.1. The van der Waals surface area contributed by atoms with Crippen molar-refractivity contribution in [1.82, 2.24) is 9.55 Å². The summed E-state index contributed by atoms with van der Waals surface area (Å²) in [5, 5.41) is 0.528. The van der Waals surface area contributed by atoms with E-state index in [-0.39, 0.29) is 17.8 Å². The highest BCUT2D eigenvalue weighted by Gasteiger charge is 2.07. The molecule has 1 heterocycles. The number of rotatable bonds is 2. The monoisotopic (exact) mass is 266 g/mol. The summed E-state index contributed by atoms with van der Waals surface area (Å²) in [6.07, 6.45) is 0. The Labute approximate surface area is 115 Å². The number of aryl methyl sites for hydroxylation is 1. The van der Waals surface area contributed by atoms with Crippen LogP contribution in [0, 0.1) is 6.92 Å². The molecule has 3 rings (SSSR count). The maximum atomic E-state index is 12.4. The van der Waals surface area contributed by atoms with Crippen molar-refractivity contribution in [1.29, 1.82) is 0 Å². The van der Waals surface area contributed by atoms with E-state index in [0.717, 1.165) is 11.1 Å². The largest absolute Gasteiger partial charge is 0.329 e. The molecule has 0 spiro atoms. The number of para-hydroxylation sites is 1. The number of aromatic amines is 1. The van der Waals surface area contributed by atoms with Crippen LogP contribution in [0.4, 0.5) is 0 Å². The molecule has 2 aromatic carbocycles. The van der Waals surface area contributed by atoms with E-state index in [2.05, 4.69) is 4.98 Å². The highest BCUT2D eigenvalue weighted by Crippen LogP contribution is 2.06. The van der Waals surface area contributed by atoms with Crippen LogP contribution < -0.4 is 11.2 Å². The molecule has 4 heteroatoms. The Balaban J connectivity index is 2.17. The van der Waals surface area contributed by atoms with E-state index in [0.29, 0.717) is 10.9 Å². The van der Waals surface area contributed by atoms with E-state index in [9.17, 15) is 9.59 Å². The first kappa shape index (κ1) is 12.4. The Morgan fingerprint density at radius 3 is 2.65 bits per heavy atom. The summed E-state index contributed by atoms with van der Waals surface area (Å²) < 4.78 is 1.23. The molecular weight excluding hydrogens is 252 g/mol. The Morgan fingerprint density at radius 2 is 1.85 bits per heavy atom. The quantitative estimate of drug-likeness (QED) is 0.771. The van der Waals surface area contributed by atoms with E-state index in [1.807, 2.05) is 31.2 Å². The minimum atomic E-state index is -0.379. The summed E-state index contributed by atoms with van der Waals surface area (Å²) in [4.78, 5) is 27.2. The number of aromatic nitrogens is 2. The Kier molecular flexibility index (Phi) is 2.99. The molecule has 0 saturated carbocycles. The van der Waals surface area contributed by atoms with Crippen LogP contribution in [0.2, 0.25) is 0 Å². The van der Waals surface area contributed by atoms with Gasteiger partial charge in [0.1, 0.15) is 0 Å². The van der Waals surface area contributed by atoms with Crippen molar-refractivity contribution in [2.75, 3.05) is 0 Å². The first-order valence-electron chi connectivity index (χ1n) is 6.42. The van der Waals surface area contributed by atoms with E-state index < -0.39 is 0 Å². The van der Waals surface area contributed by atoms with Crippen LogP contribution in [0.3, 0.4) is 0 Å². The third-order valence-corrected chi connectivity index (χ3v) is 3.31. The lowest BCUT2D eigenvalue weighted by molar-refractivity contribution is 0.711. The van der Waals surface area contributed by atoms with Gasteiger partial charge in [0.25, 0.3) is 5.56 Å². The Morgan fingerprint density at radius 1 is 1.05 bits per heavy atom. The molecule has 0 aliphatic rings. The molecule has 0 aliphatic carbocycles. The molecule has 0 fully saturated rings. The summed E-state index contributed by atoms with van der Waals surface area (Å²) in [5.41, 5.74) is 1.98. The number of hydrogen-bond donors (Lipinski definition) is 1. The normalized spacial score (nSPS) is 10.8. The number of benzene rings is 2. The van der Waals surface area contributed by atoms with E-state index in [1.165, 1.54) is 4.57 Å². The van der Waals surface area contributed by atoms with Crippen LogP contribution in [0.5, 0.6) is 0 Å². The summed E-state index contributed by atoms with van der Waals surface area (Å²) in [6, 6.07) is 14.8. The molecular formula is C16H14N2O2. The van der Waals surface area contributed by atoms with Crippen LogP contribution in [0.1, 0.15) is 11.1 Å². The molecule has 100 valence electrons. The maximum absolute atomic E-state index is 12.4. The van der Waals surface area contributed by atoms with E-state index >= 15 is 0 Å². The second kappa shape index (κ2) is 4.81. The molecule has 1 aromatic heterocycles. The molecule has 1 N–H and O–H groups in total. The van der Waals surface area contributed by atoms with Gasteiger partial charge in [0.2, 0.25) is 0 Å². The summed E-state index contributed by atoms with van der Waals surface area (Å²) >= 11 is 0. The van der Waals surface area contributed by atoms with Gasteiger partial charge >= 0.3 is 5.69 Å². The van der Waals surface area contributed by atoms with Crippen LogP contribution in [-0.4, -0.2) is 9.55 Å². The molecule has 0 bridgehead atoms. The maximum Gasteiger partial charge on any atom is 0.329 e. The van der Waals surface area contributed by atoms with Crippen molar-refractivity contribution >= 4 is 10.9 Å². The lowest BCUT2D eigenvalue weighted by Gasteiger charge is -2.07. The van der Waals surface area contributed by atoms with Crippen molar-refractivity contribution in [2.24, 2.45) is 0 Å². The predicted octanol–water partition coefficient (Wildman–Crippen LogP) is 2.05. The van der Waals surface area contributed by atoms with Crippen molar-refractivity contribution < 1.29 is 0 Å². The van der Waals surface area contributed by atoms with Crippen molar-refractivity contribution in [2.45, 2.75) is 13.5 Å². The number of H-pyrrole nitrogens is 1. The van der Waals surface area contributed by atoms with Crippen LogP contribution in [0.25, 0.3) is 10.9 Å². The summed E-state index contributed by atoms with van der Waals surface area (Å²) in [5.74, 6) is 0. The van der Waals surface area contributed by atoms with Gasteiger partial charge in [-0.25, -0.2) is 4.79 Å². The fourth-order valence-electron chi connectivity index (χ4n) is 2.34. The van der Waals surface area contributed by atoms with E-state index in [4.69, 9.17) is 0 Å². The highest BCUT2D eigenvalue weighted by atomic mass is 16.2. The van der Waals surface area contributed by atoms with Gasteiger partial charge in [0.05, 0.1) is 17.4 Å². The van der Waals surface area contributed by atoms with Gasteiger partial charge in [0, 0.05) is 0 Å². The molecule has 0 amide bonds. The Bertz CT molecular complexity index is 891. The van der Waals surface area contributed by atoms with Gasteiger partial charge in [-0.2, -0.15) is 0 Å². The third kappa shape index (κ3) is 2.16. The second-order valence-electron chi connectivity index (χ2n) is 4.86. The van der Waals surface area contributed by atoms with Crippen LogP contribution >= 0.6 is 0 Å². The molecule has 0 unspecified atom stereocenters. The smallest absolute Gasteiger partial charge is 0.307 e. The zero-order valence-corrected chi connectivity index (χ0v) is 11.1. The molecule has 0 atom stereocenters. The zero-order chi connectivity index (χ0) is 14.1. The molecule has 4 nitrogen and oxygen atoms in total. The minimum absolute atomic E-state index is 0.258. The number of nitrogens with zero attached hydrogens (tertiary/aromatic N) is 1. The van der Waals surface area contributed by atoms with Gasteiger partial charge < -0.3 is 4.98 Å². The van der Waals surface area contributed by atoms with Gasteiger partial charge in [-0.15, -0.1) is 0 Å². The number of hydrogen-bond acceptors (Lipinski definition) is 2. The van der Waals surface area contributed by atoms with Gasteiger partial charge in [-0.3, -0.25) is 9.36 Å². The average molecular weight is 266 g/mol. The molecule has 0 saturated heterocycles. The standard InChI is InChI=1S/C16H14N2O2/c1-11-5-4-6-12(9-11)10-18-15(19)13-7-2-3-8-14(13)17-16(18)20/h2-9H,10H2,1H3,(H,17,20). The zero-order valence-electron chi connectivity index (χ0n) is 11.1. The first-order valence-corrected chi connectivity index (χ1v) is 6.42. The summed E-state index contributed by atoms with van der Waals surface area (Å²) in [7, 11) is 0. The molecule has 20 heavy (non-hydrogen) atoms. The highest BCUT2D eigenvalue weighted by molar-refractivity contribution is 5.76. The van der Waals surface area contributed by atoms with Gasteiger partial charge in [-0.1, -0.05) is 42.0 Å². The lowest BCUT2D eigenvalue weighted by Crippen LogP contribution is -2.35. The van der Waals surface area contributed by atoms with Crippen molar-refractivity contribution in [3.8, 4) is 0 Å². The van der Waals surface area contributed by atoms with Crippen molar-refractivity contribution in [3.05, 3.63) is 80.5 Å². The van der Waals surface area contributed by atoms with Crippen LogP contribution in [0.15, 0.2) is 58.1 Å². The van der Waals surface area contributed by atoms with Gasteiger partial charge in [-0.05, 0) is 24.6 Å². The van der Waals surface area contributed by atoms with Gasteiger partial charge in [0.15, 0.2) is 0 Å². The number of nitrogens with one attached hydrogen (secondary N) is 1. The average Bonchev–Trinajstić information content (AvgIpc) is 2.43. The molecule has 0 aliphatic heterocycles. The Hall–Kier alpha value is -2.62. The second-order valence-corrected chi connectivity index (χ2v) is 4.86. The SMILES string of the molecule is Cc1cccc(Cn2c(=O)[nH]c3ccccc3c2=O)c1. The fourth-order valence-corrected chi connectivity index (χ4v) is 2.34. The van der Waals surface area contributed by atoms with Crippen molar-refractivity contribution in [3.63, 3.8) is 0 Å². The predicted molar refractivity (Wildman–Crippen MR) is 79.1 cm³/mol. The first-order chi connectivity index (χ1) is 9.65. The topological polar surface area (TPSA) is 54.9 Å². The summed E-state index contributed by atoms with van der Waals surface area (Å²) in [6.45, 7) is 2.26. The number of fused-ring (bicyclic) bond motifs is 1. The van der Waals surface area contributed by atoms with E-state index in [1.54, 1.807) is 24.3 Å². The minimum Gasteiger partial charge on any atom is -0.307 e. The van der Waals surface area contributed by atoms with Crippen LogP contribution in [-0.2, 0) is 6.54 Å². The molecule has 0 radical (unpaired) electrons. The third-order valence-electron chi connectivity index (χ3n) is 3.31. The fraction of sp³-hybridized carbons (Fsp3) is 0.125.